The van der Waals surface area contributed by atoms with E-state index in [1.165, 1.54) is 0 Å². The first-order valence-electron chi connectivity index (χ1n) is 10.1. The SMILES string of the molecule is Cc1cc(C)c(CNC(=O)c2cn(-c3ccccc3)nc2-c2ccccc2C)c(=O)[nH]1. The smallest absolute Gasteiger partial charge is 0.255 e. The Morgan fingerprint density at radius 2 is 1.71 bits per heavy atom. The van der Waals surface area contributed by atoms with Crippen LogP contribution < -0.4 is 10.9 Å². The number of rotatable bonds is 5. The van der Waals surface area contributed by atoms with Gasteiger partial charge < -0.3 is 10.3 Å². The van der Waals surface area contributed by atoms with Gasteiger partial charge in [0.05, 0.1) is 11.3 Å². The maximum atomic E-state index is 13.2. The van der Waals surface area contributed by atoms with Crippen LogP contribution in [0, 0.1) is 20.8 Å². The van der Waals surface area contributed by atoms with E-state index < -0.39 is 0 Å². The molecule has 0 unspecified atom stereocenters. The summed E-state index contributed by atoms with van der Waals surface area (Å²) >= 11 is 0. The van der Waals surface area contributed by atoms with Crippen molar-refractivity contribution in [3.8, 4) is 16.9 Å². The molecule has 2 aromatic heterocycles. The fourth-order valence-corrected chi connectivity index (χ4v) is 3.66. The van der Waals surface area contributed by atoms with E-state index in [2.05, 4.69) is 10.3 Å². The monoisotopic (exact) mass is 412 g/mol. The number of aryl methyl sites for hydroxylation is 3. The number of pyridine rings is 1. The van der Waals surface area contributed by atoms with Crippen molar-refractivity contribution in [2.75, 3.05) is 0 Å². The molecule has 31 heavy (non-hydrogen) atoms. The van der Waals surface area contributed by atoms with Crippen LogP contribution in [0.25, 0.3) is 16.9 Å². The molecule has 4 aromatic rings. The minimum absolute atomic E-state index is 0.143. The Morgan fingerprint density at radius 3 is 2.42 bits per heavy atom. The fraction of sp³-hybridized carbons (Fsp3) is 0.160. The quantitative estimate of drug-likeness (QED) is 0.518. The third-order valence-corrected chi connectivity index (χ3v) is 5.30. The molecule has 156 valence electrons. The van der Waals surface area contributed by atoms with Gasteiger partial charge in [-0.05, 0) is 50.1 Å². The number of para-hydroxylation sites is 1. The van der Waals surface area contributed by atoms with Gasteiger partial charge in [0.2, 0.25) is 0 Å². The standard InChI is InChI=1S/C25H24N4O2/c1-16-9-7-8-12-20(16)23-22(15-29(28-23)19-10-5-4-6-11-19)24(30)26-14-21-17(2)13-18(3)27-25(21)31/h4-13,15H,14H2,1-3H3,(H,26,30)(H,27,31). The molecule has 0 aliphatic carbocycles. The van der Waals surface area contributed by atoms with Crippen LogP contribution in [0.2, 0.25) is 0 Å². The van der Waals surface area contributed by atoms with Crippen molar-refractivity contribution >= 4 is 5.91 Å². The highest BCUT2D eigenvalue weighted by atomic mass is 16.2. The molecule has 0 saturated heterocycles. The highest BCUT2D eigenvalue weighted by Crippen LogP contribution is 2.26. The van der Waals surface area contributed by atoms with Crippen LogP contribution in [-0.2, 0) is 6.54 Å². The lowest BCUT2D eigenvalue weighted by molar-refractivity contribution is 0.0951. The molecule has 1 amide bonds. The van der Waals surface area contributed by atoms with Gasteiger partial charge in [-0.1, -0.05) is 42.5 Å². The summed E-state index contributed by atoms with van der Waals surface area (Å²) < 4.78 is 1.71. The minimum atomic E-state index is -0.278. The van der Waals surface area contributed by atoms with Gasteiger partial charge in [-0.3, -0.25) is 9.59 Å². The number of hydrogen-bond acceptors (Lipinski definition) is 3. The summed E-state index contributed by atoms with van der Waals surface area (Å²) in [5, 5.41) is 7.62. The summed E-state index contributed by atoms with van der Waals surface area (Å²) in [6.07, 6.45) is 1.73. The molecule has 0 bridgehead atoms. The molecule has 0 spiro atoms. The fourth-order valence-electron chi connectivity index (χ4n) is 3.66. The van der Waals surface area contributed by atoms with E-state index in [0.29, 0.717) is 16.8 Å². The molecule has 0 radical (unpaired) electrons. The summed E-state index contributed by atoms with van der Waals surface area (Å²) in [6, 6.07) is 19.4. The number of hydrogen-bond donors (Lipinski definition) is 2. The Morgan fingerprint density at radius 1 is 1.00 bits per heavy atom. The van der Waals surface area contributed by atoms with E-state index in [1.54, 1.807) is 10.9 Å². The van der Waals surface area contributed by atoms with E-state index in [-0.39, 0.29) is 18.0 Å². The normalized spacial score (nSPS) is 10.8. The Balaban J connectivity index is 1.71. The van der Waals surface area contributed by atoms with Crippen LogP contribution in [0.5, 0.6) is 0 Å². The second-order valence-corrected chi connectivity index (χ2v) is 7.61. The second kappa shape index (κ2) is 8.44. The number of aromatic amines is 1. The molecule has 0 saturated carbocycles. The minimum Gasteiger partial charge on any atom is -0.348 e. The van der Waals surface area contributed by atoms with Gasteiger partial charge in [-0.15, -0.1) is 0 Å². The van der Waals surface area contributed by atoms with E-state index >= 15 is 0 Å². The largest absolute Gasteiger partial charge is 0.348 e. The van der Waals surface area contributed by atoms with Crippen molar-refractivity contribution in [3.05, 3.63) is 105 Å². The zero-order valence-electron chi connectivity index (χ0n) is 17.8. The lowest BCUT2D eigenvalue weighted by atomic mass is 10.0. The van der Waals surface area contributed by atoms with Crippen LogP contribution in [0.3, 0.4) is 0 Å². The molecule has 0 aliphatic rings. The van der Waals surface area contributed by atoms with Crippen LogP contribution in [0.1, 0.15) is 32.7 Å². The molecule has 0 aliphatic heterocycles. The molecule has 4 rings (SSSR count). The number of carbonyl (C=O) groups excluding carboxylic acids is 1. The number of nitrogens with zero attached hydrogens (tertiary/aromatic N) is 2. The van der Waals surface area contributed by atoms with Gasteiger partial charge >= 0.3 is 0 Å². The first-order valence-corrected chi connectivity index (χ1v) is 10.1. The Bertz CT molecular complexity index is 1300. The average Bonchev–Trinajstić information content (AvgIpc) is 3.19. The highest BCUT2D eigenvalue weighted by Gasteiger charge is 2.20. The number of nitrogens with one attached hydrogen (secondary N) is 2. The van der Waals surface area contributed by atoms with Crippen molar-refractivity contribution < 1.29 is 4.79 Å². The van der Waals surface area contributed by atoms with Crippen LogP contribution in [0.15, 0.2) is 71.7 Å². The second-order valence-electron chi connectivity index (χ2n) is 7.61. The number of amides is 1. The van der Waals surface area contributed by atoms with Gasteiger partial charge in [0.15, 0.2) is 0 Å². The van der Waals surface area contributed by atoms with Crippen molar-refractivity contribution in [1.29, 1.82) is 0 Å². The maximum Gasteiger partial charge on any atom is 0.255 e. The lowest BCUT2D eigenvalue weighted by Gasteiger charge is -2.09. The summed E-state index contributed by atoms with van der Waals surface area (Å²) in [5.74, 6) is -0.278. The number of carbonyl (C=O) groups is 1. The summed E-state index contributed by atoms with van der Waals surface area (Å²) in [6.45, 7) is 5.84. The molecular weight excluding hydrogens is 388 g/mol. The van der Waals surface area contributed by atoms with Crippen molar-refractivity contribution in [2.45, 2.75) is 27.3 Å². The summed E-state index contributed by atoms with van der Waals surface area (Å²) in [5.41, 5.74) is 5.86. The van der Waals surface area contributed by atoms with E-state index in [4.69, 9.17) is 5.10 Å². The van der Waals surface area contributed by atoms with Crippen LogP contribution in [-0.4, -0.2) is 20.7 Å². The molecule has 2 heterocycles. The van der Waals surface area contributed by atoms with E-state index in [1.807, 2.05) is 81.4 Å². The average molecular weight is 412 g/mol. The van der Waals surface area contributed by atoms with Crippen molar-refractivity contribution in [3.63, 3.8) is 0 Å². The first-order chi connectivity index (χ1) is 14.9. The van der Waals surface area contributed by atoms with Crippen LogP contribution >= 0.6 is 0 Å². The van der Waals surface area contributed by atoms with Gasteiger partial charge in [0.1, 0.15) is 5.69 Å². The number of H-pyrrole nitrogens is 1. The lowest BCUT2D eigenvalue weighted by Crippen LogP contribution is -2.28. The Labute approximate surface area is 180 Å². The summed E-state index contributed by atoms with van der Waals surface area (Å²) in [4.78, 5) is 28.3. The molecule has 2 N–H and O–H groups in total. The molecule has 2 aromatic carbocycles. The van der Waals surface area contributed by atoms with Gasteiger partial charge in [-0.2, -0.15) is 5.10 Å². The maximum absolute atomic E-state index is 13.2. The Kier molecular flexibility index (Phi) is 5.54. The van der Waals surface area contributed by atoms with Gasteiger partial charge in [-0.25, -0.2) is 4.68 Å². The number of aromatic nitrogens is 3. The Hall–Kier alpha value is -3.93. The van der Waals surface area contributed by atoms with E-state index in [0.717, 1.165) is 28.1 Å². The number of benzene rings is 2. The van der Waals surface area contributed by atoms with Gasteiger partial charge in [0.25, 0.3) is 11.5 Å². The summed E-state index contributed by atoms with van der Waals surface area (Å²) in [7, 11) is 0. The highest BCUT2D eigenvalue weighted by molar-refractivity contribution is 6.00. The molecule has 0 atom stereocenters. The third-order valence-electron chi connectivity index (χ3n) is 5.30. The van der Waals surface area contributed by atoms with Crippen molar-refractivity contribution in [1.82, 2.24) is 20.1 Å². The van der Waals surface area contributed by atoms with Crippen LogP contribution in [0.4, 0.5) is 0 Å². The zero-order chi connectivity index (χ0) is 22.0. The first kappa shape index (κ1) is 20.3. The van der Waals surface area contributed by atoms with Crippen molar-refractivity contribution in [2.24, 2.45) is 0 Å². The molecule has 6 heteroatoms. The topological polar surface area (TPSA) is 79.8 Å². The molecule has 0 fully saturated rings. The molecular formula is C25H24N4O2. The zero-order valence-corrected chi connectivity index (χ0v) is 17.8. The van der Waals surface area contributed by atoms with Gasteiger partial charge in [0, 0.05) is 29.6 Å². The third kappa shape index (κ3) is 4.19. The predicted molar refractivity (Wildman–Crippen MR) is 121 cm³/mol. The van der Waals surface area contributed by atoms with E-state index in [9.17, 15) is 9.59 Å². The predicted octanol–water partition coefficient (Wildman–Crippen LogP) is 4.08. The molecule has 6 nitrogen and oxygen atoms in total.